The van der Waals surface area contributed by atoms with Gasteiger partial charge in [0.1, 0.15) is 5.82 Å². The summed E-state index contributed by atoms with van der Waals surface area (Å²) < 4.78 is 41.9. The molecule has 0 radical (unpaired) electrons. The number of nitrogens with one attached hydrogen (secondary N) is 2. The van der Waals surface area contributed by atoms with Crippen LogP contribution in [0.25, 0.3) is 0 Å². The van der Waals surface area contributed by atoms with E-state index in [0.717, 1.165) is 29.9 Å². The van der Waals surface area contributed by atoms with Crippen molar-refractivity contribution in [3.63, 3.8) is 0 Å². The summed E-state index contributed by atoms with van der Waals surface area (Å²) in [4.78, 5) is 45.3. The summed E-state index contributed by atoms with van der Waals surface area (Å²) in [5.74, 6) is -0.582. The Morgan fingerprint density at radius 1 is 0.860 bits per heavy atom. The molecule has 2 aliphatic heterocycles. The number of halogens is 3. The number of benzene rings is 2. The summed E-state index contributed by atoms with van der Waals surface area (Å²) >= 11 is 0. The number of carbonyl (C=O) groups excluding carboxylic acids is 2. The van der Waals surface area contributed by atoms with Crippen molar-refractivity contribution in [1.29, 1.82) is 0 Å². The smallest absolute Gasteiger partial charge is 0.369 e. The van der Waals surface area contributed by atoms with Gasteiger partial charge in [-0.1, -0.05) is 18.2 Å². The molecule has 8 nitrogen and oxygen atoms in total. The predicted octanol–water partition coefficient (Wildman–Crippen LogP) is 5.70. The van der Waals surface area contributed by atoms with E-state index in [1.807, 2.05) is 10.6 Å². The summed E-state index contributed by atoms with van der Waals surface area (Å²) in [5, 5.41) is 5.52. The van der Waals surface area contributed by atoms with Crippen LogP contribution < -0.4 is 21.1 Å². The molecule has 2 amide bonds. The molecule has 43 heavy (non-hydrogen) atoms. The Balaban J connectivity index is 1.34. The maximum atomic E-state index is 13.3. The molecule has 2 aliphatic rings. The van der Waals surface area contributed by atoms with Gasteiger partial charge >= 0.3 is 6.18 Å². The van der Waals surface area contributed by atoms with Crippen LogP contribution in [0.3, 0.4) is 0 Å². The third kappa shape index (κ3) is 5.88. The first-order valence-electron chi connectivity index (χ1n) is 13.9. The lowest BCUT2D eigenvalue weighted by atomic mass is 9.83. The number of piperidine rings is 1. The highest BCUT2D eigenvalue weighted by Crippen LogP contribution is 2.39. The van der Waals surface area contributed by atoms with Crippen LogP contribution in [-0.4, -0.2) is 34.5 Å². The zero-order valence-electron chi connectivity index (χ0n) is 23.2. The van der Waals surface area contributed by atoms with E-state index in [0.29, 0.717) is 31.1 Å². The first-order chi connectivity index (χ1) is 20.5. The van der Waals surface area contributed by atoms with Gasteiger partial charge in [-0.15, -0.1) is 0 Å². The first-order valence-corrected chi connectivity index (χ1v) is 13.9. The van der Waals surface area contributed by atoms with Crippen molar-refractivity contribution in [2.75, 3.05) is 28.6 Å². The quantitative estimate of drug-likeness (QED) is 0.313. The van der Waals surface area contributed by atoms with Gasteiger partial charge in [-0.2, -0.15) is 13.2 Å². The molecule has 4 aromatic rings. The maximum absolute atomic E-state index is 13.3. The van der Waals surface area contributed by atoms with E-state index in [-0.39, 0.29) is 34.2 Å². The molecule has 0 spiro atoms. The number of hydrogen-bond donors (Lipinski definition) is 2. The SMILES string of the molecule is Cc1cccc(NC(=O)c2ccc(N3CC4CC(C3)c3cccc(=O)n3C4)c(NC(=O)c3cccc(C(F)(F)F)c3)c2)n1. The minimum Gasteiger partial charge on any atom is -0.369 e. The lowest BCUT2D eigenvalue weighted by Gasteiger charge is -2.44. The largest absolute Gasteiger partial charge is 0.416 e. The number of aryl methyl sites for hydroxylation is 1. The number of nitrogens with zero attached hydrogens (tertiary/aromatic N) is 3. The normalized spacial score (nSPS) is 17.6. The molecule has 2 N–H and O–H groups in total. The highest BCUT2D eigenvalue weighted by Gasteiger charge is 2.36. The van der Waals surface area contributed by atoms with Crippen LogP contribution >= 0.6 is 0 Å². The highest BCUT2D eigenvalue weighted by atomic mass is 19.4. The van der Waals surface area contributed by atoms with Crippen LogP contribution in [0.2, 0.25) is 0 Å². The van der Waals surface area contributed by atoms with Gasteiger partial charge in [0.15, 0.2) is 0 Å². The lowest BCUT2D eigenvalue weighted by molar-refractivity contribution is -0.137. The Morgan fingerprint density at radius 2 is 1.60 bits per heavy atom. The van der Waals surface area contributed by atoms with Crippen LogP contribution in [0.15, 0.2) is 83.7 Å². The summed E-state index contributed by atoms with van der Waals surface area (Å²) in [5.41, 5.74) is 1.70. The van der Waals surface area contributed by atoms with E-state index < -0.39 is 23.6 Å². The third-order valence-electron chi connectivity index (χ3n) is 7.91. The molecule has 220 valence electrons. The Morgan fingerprint density at radius 3 is 2.40 bits per heavy atom. The van der Waals surface area contributed by atoms with Crippen LogP contribution in [0, 0.1) is 12.8 Å². The second-order valence-electron chi connectivity index (χ2n) is 11.0. The number of rotatable bonds is 5. The fourth-order valence-electron chi connectivity index (χ4n) is 5.98. The van der Waals surface area contributed by atoms with Crippen molar-refractivity contribution in [2.24, 2.45) is 5.92 Å². The summed E-state index contributed by atoms with van der Waals surface area (Å²) in [6.45, 7) is 3.53. The van der Waals surface area contributed by atoms with Gasteiger partial charge < -0.3 is 20.1 Å². The fourth-order valence-corrected chi connectivity index (χ4v) is 5.98. The monoisotopic (exact) mass is 587 g/mol. The van der Waals surface area contributed by atoms with Gasteiger partial charge in [-0.05, 0) is 73.9 Å². The summed E-state index contributed by atoms with van der Waals surface area (Å²) in [6, 6.07) is 19.6. The zero-order valence-corrected chi connectivity index (χ0v) is 23.2. The Bertz CT molecular complexity index is 1780. The second kappa shape index (κ2) is 11.0. The molecule has 1 fully saturated rings. The van der Waals surface area contributed by atoms with Crippen molar-refractivity contribution in [3.8, 4) is 0 Å². The minimum atomic E-state index is -4.60. The summed E-state index contributed by atoms with van der Waals surface area (Å²) in [6.07, 6.45) is -3.69. The van der Waals surface area contributed by atoms with Crippen molar-refractivity contribution < 1.29 is 22.8 Å². The molecular formula is C32H28F3N5O3. The third-order valence-corrected chi connectivity index (χ3v) is 7.91. The molecule has 0 aliphatic carbocycles. The number of anilines is 3. The van der Waals surface area contributed by atoms with Crippen LogP contribution in [-0.2, 0) is 12.7 Å². The Hall–Kier alpha value is -4.93. The molecule has 2 aromatic carbocycles. The van der Waals surface area contributed by atoms with E-state index in [4.69, 9.17) is 0 Å². The van der Waals surface area contributed by atoms with Gasteiger partial charge in [0.2, 0.25) is 0 Å². The molecule has 2 bridgehead atoms. The number of carbonyl (C=O) groups is 2. The molecule has 4 heterocycles. The number of aromatic nitrogens is 2. The number of fused-ring (bicyclic) bond motifs is 4. The van der Waals surface area contributed by atoms with Crippen molar-refractivity contribution in [2.45, 2.75) is 32.0 Å². The molecular weight excluding hydrogens is 559 g/mol. The van der Waals surface area contributed by atoms with Gasteiger partial charge in [-0.25, -0.2) is 4.98 Å². The molecule has 0 saturated carbocycles. The average Bonchev–Trinajstić information content (AvgIpc) is 2.97. The maximum Gasteiger partial charge on any atom is 0.416 e. The molecule has 6 rings (SSSR count). The molecule has 2 unspecified atom stereocenters. The topological polar surface area (TPSA) is 96.3 Å². The number of pyridine rings is 2. The first kappa shape index (κ1) is 28.2. The van der Waals surface area contributed by atoms with Crippen molar-refractivity contribution >= 4 is 29.0 Å². The molecule has 2 atom stereocenters. The van der Waals surface area contributed by atoms with Crippen LogP contribution in [0.1, 0.15) is 50.0 Å². The average molecular weight is 588 g/mol. The van der Waals surface area contributed by atoms with Crippen molar-refractivity contribution in [3.05, 3.63) is 117 Å². The zero-order chi connectivity index (χ0) is 30.3. The molecule has 1 saturated heterocycles. The lowest BCUT2D eigenvalue weighted by Crippen LogP contribution is -2.47. The van der Waals surface area contributed by atoms with E-state index in [1.54, 1.807) is 49.4 Å². The van der Waals surface area contributed by atoms with Gasteiger partial charge in [0.05, 0.1) is 16.9 Å². The van der Waals surface area contributed by atoms with Crippen LogP contribution in [0.5, 0.6) is 0 Å². The second-order valence-corrected chi connectivity index (χ2v) is 11.0. The van der Waals surface area contributed by atoms with Gasteiger partial charge in [0, 0.05) is 54.1 Å². The Kier molecular flexibility index (Phi) is 7.25. The molecule has 2 aromatic heterocycles. The van der Waals surface area contributed by atoms with E-state index >= 15 is 0 Å². The van der Waals surface area contributed by atoms with Gasteiger partial charge in [0.25, 0.3) is 17.4 Å². The standard InChI is InChI=1S/C32H28F3N5O3/c1-19-5-2-9-28(36-19)38-31(43)22-11-12-27(25(15-22)37-30(42)21-6-3-7-24(14-21)32(33,34)35)39-16-20-13-23(18-39)26-8-4-10-29(41)40(26)17-20/h2-12,14-15,20,23H,13,16-18H2,1H3,(H,37,42)(H,36,38,43). The van der Waals surface area contributed by atoms with Crippen LogP contribution in [0.4, 0.5) is 30.4 Å². The van der Waals surface area contributed by atoms with E-state index in [9.17, 15) is 27.6 Å². The van der Waals surface area contributed by atoms with Crippen molar-refractivity contribution in [1.82, 2.24) is 9.55 Å². The fraction of sp³-hybridized carbons (Fsp3) is 0.250. The van der Waals surface area contributed by atoms with E-state index in [2.05, 4.69) is 20.5 Å². The minimum absolute atomic E-state index is 0.0341. The molecule has 11 heteroatoms. The Labute approximate surface area is 245 Å². The number of alkyl halides is 3. The predicted molar refractivity (Wildman–Crippen MR) is 157 cm³/mol. The van der Waals surface area contributed by atoms with E-state index in [1.165, 1.54) is 18.2 Å². The highest BCUT2D eigenvalue weighted by molar-refractivity contribution is 6.09. The number of amides is 2. The number of hydrogen-bond acceptors (Lipinski definition) is 5. The van der Waals surface area contributed by atoms with Gasteiger partial charge in [-0.3, -0.25) is 14.4 Å². The summed E-state index contributed by atoms with van der Waals surface area (Å²) in [7, 11) is 0.